The number of benzene rings is 2. The summed E-state index contributed by atoms with van der Waals surface area (Å²) in [5, 5.41) is 2.58. The highest BCUT2D eigenvalue weighted by Crippen LogP contribution is 2.29. The average Bonchev–Trinajstić information content (AvgIpc) is 2.96. The summed E-state index contributed by atoms with van der Waals surface area (Å²) in [6.07, 6.45) is 0.985. The summed E-state index contributed by atoms with van der Waals surface area (Å²) >= 11 is 0. The van der Waals surface area contributed by atoms with Gasteiger partial charge in [0.1, 0.15) is 5.82 Å². The summed E-state index contributed by atoms with van der Waals surface area (Å²) < 4.78 is 37.9. The Bertz CT molecular complexity index is 1020. The molecule has 0 aromatic heterocycles. The zero-order valence-electron chi connectivity index (χ0n) is 14.9. The largest absolute Gasteiger partial charge is 0.325 e. The van der Waals surface area contributed by atoms with Crippen molar-refractivity contribution < 1.29 is 22.4 Å². The smallest absolute Gasteiger partial charge is 0.229 e. The minimum absolute atomic E-state index is 0.00380. The van der Waals surface area contributed by atoms with Gasteiger partial charge in [-0.05, 0) is 36.8 Å². The van der Waals surface area contributed by atoms with E-state index in [0.717, 1.165) is 11.8 Å². The normalized spacial score (nSPS) is 17.2. The standard InChI is InChI=1S/C19H19FN2O4S/c1-12-7-8-16(14(20)9-12)22-11-13(10-18(22)23)19(24)21-15-5-3-4-6-17(15)27(2,25)26/h3-9,13H,10-11H2,1-2H3,(H,21,24). The molecule has 2 amide bonds. The Hall–Kier alpha value is -2.74. The summed E-state index contributed by atoms with van der Waals surface area (Å²) in [4.78, 5) is 26.1. The summed E-state index contributed by atoms with van der Waals surface area (Å²) in [5.41, 5.74) is 1.03. The molecule has 1 fully saturated rings. The number of anilines is 2. The fourth-order valence-electron chi connectivity index (χ4n) is 3.07. The molecule has 0 radical (unpaired) electrons. The van der Waals surface area contributed by atoms with Crippen LogP contribution in [0.3, 0.4) is 0 Å². The van der Waals surface area contributed by atoms with Crippen LogP contribution in [0, 0.1) is 18.7 Å². The number of aryl methyl sites for hydroxylation is 1. The molecule has 1 aliphatic rings. The molecule has 1 atom stereocenters. The van der Waals surface area contributed by atoms with E-state index >= 15 is 0 Å². The van der Waals surface area contributed by atoms with Gasteiger partial charge in [-0.25, -0.2) is 12.8 Å². The second-order valence-electron chi connectivity index (χ2n) is 6.62. The van der Waals surface area contributed by atoms with Gasteiger partial charge in [0.2, 0.25) is 11.8 Å². The van der Waals surface area contributed by atoms with Crippen molar-refractivity contribution in [2.75, 3.05) is 23.0 Å². The quantitative estimate of drug-likeness (QED) is 0.870. The molecule has 1 unspecified atom stereocenters. The van der Waals surface area contributed by atoms with E-state index < -0.39 is 27.5 Å². The van der Waals surface area contributed by atoms with Crippen LogP contribution in [0.5, 0.6) is 0 Å². The van der Waals surface area contributed by atoms with Gasteiger partial charge in [0, 0.05) is 19.2 Å². The highest BCUT2D eigenvalue weighted by molar-refractivity contribution is 7.90. The molecule has 2 aromatic rings. The first-order chi connectivity index (χ1) is 12.7. The Morgan fingerprint density at radius 3 is 2.59 bits per heavy atom. The van der Waals surface area contributed by atoms with E-state index in [0.29, 0.717) is 0 Å². The molecule has 1 N–H and O–H groups in total. The molecule has 0 saturated carbocycles. The first-order valence-corrected chi connectivity index (χ1v) is 10.2. The zero-order chi connectivity index (χ0) is 19.8. The lowest BCUT2D eigenvalue weighted by molar-refractivity contribution is -0.122. The monoisotopic (exact) mass is 390 g/mol. The van der Waals surface area contributed by atoms with Crippen LogP contribution < -0.4 is 10.2 Å². The zero-order valence-corrected chi connectivity index (χ0v) is 15.7. The number of nitrogens with one attached hydrogen (secondary N) is 1. The van der Waals surface area contributed by atoms with E-state index in [1.807, 2.05) is 0 Å². The van der Waals surface area contributed by atoms with Gasteiger partial charge in [-0.3, -0.25) is 9.59 Å². The number of hydrogen-bond donors (Lipinski definition) is 1. The van der Waals surface area contributed by atoms with Crippen molar-refractivity contribution in [3.63, 3.8) is 0 Å². The highest BCUT2D eigenvalue weighted by Gasteiger charge is 2.36. The Labute approximate surface area is 156 Å². The lowest BCUT2D eigenvalue weighted by Gasteiger charge is -2.18. The Kier molecular flexibility index (Phi) is 5.01. The first-order valence-electron chi connectivity index (χ1n) is 8.33. The molecule has 2 aromatic carbocycles. The number of halogens is 1. The SMILES string of the molecule is Cc1ccc(N2CC(C(=O)Nc3ccccc3S(C)(=O)=O)CC2=O)c(F)c1. The van der Waals surface area contributed by atoms with Crippen molar-refractivity contribution in [3.8, 4) is 0 Å². The minimum atomic E-state index is -3.52. The Morgan fingerprint density at radius 2 is 1.93 bits per heavy atom. The van der Waals surface area contributed by atoms with Crippen LogP contribution >= 0.6 is 0 Å². The summed E-state index contributed by atoms with van der Waals surface area (Å²) in [5.74, 6) is -2.05. The predicted molar refractivity (Wildman–Crippen MR) is 99.8 cm³/mol. The van der Waals surface area contributed by atoms with Gasteiger partial charge >= 0.3 is 0 Å². The molecular formula is C19H19FN2O4S. The number of para-hydroxylation sites is 1. The molecule has 1 saturated heterocycles. The maximum Gasteiger partial charge on any atom is 0.229 e. The van der Waals surface area contributed by atoms with Crippen molar-refractivity contribution in [1.82, 2.24) is 0 Å². The molecule has 0 bridgehead atoms. The van der Waals surface area contributed by atoms with E-state index in [2.05, 4.69) is 5.32 Å². The number of amides is 2. The van der Waals surface area contributed by atoms with Crippen LogP contribution in [0.15, 0.2) is 47.4 Å². The minimum Gasteiger partial charge on any atom is -0.325 e. The van der Waals surface area contributed by atoms with Crippen LogP contribution in [0.1, 0.15) is 12.0 Å². The lowest BCUT2D eigenvalue weighted by atomic mass is 10.1. The Balaban J connectivity index is 1.79. The third kappa shape index (κ3) is 4.00. The molecular weight excluding hydrogens is 371 g/mol. The summed E-state index contributed by atoms with van der Waals surface area (Å²) in [6, 6.07) is 10.6. The maximum atomic E-state index is 14.2. The maximum absolute atomic E-state index is 14.2. The van der Waals surface area contributed by atoms with Crippen LogP contribution in [0.4, 0.5) is 15.8 Å². The van der Waals surface area contributed by atoms with Gasteiger partial charge in [0.25, 0.3) is 0 Å². The Morgan fingerprint density at radius 1 is 1.22 bits per heavy atom. The third-order valence-electron chi connectivity index (χ3n) is 4.43. The predicted octanol–water partition coefficient (Wildman–Crippen LogP) is 2.53. The van der Waals surface area contributed by atoms with Crippen molar-refractivity contribution >= 4 is 33.0 Å². The molecule has 0 spiro atoms. The summed E-state index contributed by atoms with van der Waals surface area (Å²) in [7, 11) is -3.52. The molecule has 6 nitrogen and oxygen atoms in total. The molecule has 8 heteroatoms. The van der Waals surface area contributed by atoms with Gasteiger partial charge in [0.05, 0.1) is 22.2 Å². The van der Waals surface area contributed by atoms with Gasteiger partial charge in [0.15, 0.2) is 9.84 Å². The molecule has 142 valence electrons. The average molecular weight is 390 g/mol. The molecule has 1 aliphatic heterocycles. The summed E-state index contributed by atoms with van der Waals surface area (Å²) in [6.45, 7) is 1.78. The van der Waals surface area contributed by atoms with Crippen molar-refractivity contribution in [2.45, 2.75) is 18.2 Å². The van der Waals surface area contributed by atoms with E-state index in [1.165, 1.54) is 29.2 Å². The molecule has 3 rings (SSSR count). The van der Waals surface area contributed by atoms with Crippen LogP contribution in [0.2, 0.25) is 0 Å². The lowest BCUT2D eigenvalue weighted by Crippen LogP contribution is -2.29. The van der Waals surface area contributed by atoms with E-state index in [-0.39, 0.29) is 35.1 Å². The number of nitrogens with zero attached hydrogens (tertiary/aromatic N) is 1. The van der Waals surface area contributed by atoms with E-state index in [1.54, 1.807) is 25.1 Å². The molecule has 1 heterocycles. The number of sulfone groups is 1. The van der Waals surface area contributed by atoms with E-state index in [9.17, 15) is 22.4 Å². The van der Waals surface area contributed by atoms with Gasteiger partial charge in [-0.2, -0.15) is 0 Å². The van der Waals surface area contributed by atoms with E-state index in [4.69, 9.17) is 0 Å². The second kappa shape index (κ2) is 7.11. The topological polar surface area (TPSA) is 83.6 Å². The van der Waals surface area contributed by atoms with Crippen LogP contribution in [0.25, 0.3) is 0 Å². The van der Waals surface area contributed by atoms with Crippen LogP contribution in [-0.2, 0) is 19.4 Å². The second-order valence-corrected chi connectivity index (χ2v) is 8.60. The number of hydrogen-bond acceptors (Lipinski definition) is 4. The third-order valence-corrected chi connectivity index (χ3v) is 5.59. The molecule has 0 aliphatic carbocycles. The number of carbonyl (C=O) groups is 2. The first kappa shape index (κ1) is 19.0. The molecule has 27 heavy (non-hydrogen) atoms. The van der Waals surface area contributed by atoms with Crippen molar-refractivity contribution in [3.05, 3.63) is 53.8 Å². The fourth-order valence-corrected chi connectivity index (χ4v) is 3.92. The van der Waals surface area contributed by atoms with Gasteiger partial charge in [-0.1, -0.05) is 18.2 Å². The van der Waals surface area contributed by atoms with Crippen molar-refractivity contribution in [2.24, 2.45) is 5.92 Å². The highest BCUT2D eigenvalue weighted by atomic mass is 32.2. The van der Waals surface area contributed by atoms with Crippen LogP contribution in [-0.4, -0.2) is 33.0 Å². The number of rotatable bonds is 4. The van der Waals surface area contributed by atoms with Gasteiger partial charge < -0.3 is 10.2 Å². The fraction of sp³-hybridized carbons (Fsp3) is 0.263. The van der Waals surface area contributed by atoms with Crippen molar-refractivity contribution in [1.29, 1.82) is 0 Å². The van der Waals surface area contributed by atoms with Gasteiger partial charge in [-0.15, -0.1) is 0 Å². The number of carbonyl (C=O) groups excluding carboxylic acids is 2.